The van der Waals surface area contributed by atoms with Gasteiger partial charge in [-0.25, -0.2) is 4.98 Å². The molecule has 0 saturated carbocycles. The van der Waals surface area contributed by atoms with Crippen molar-refractivity contribution in [3.05, 3.63) is 23.5 Å². The predicted octanol–water partition coefficient (Wildman–Crippen LogP) is 0.484. The van der Waals surface area contributed by atoms with Crippen LogP contribution in [0.25, 0.3) is 11.0 Å². The minimum atomic E-state index is -0.402. The fourth-order valence-electron chi connectivity index (χ4n) is 2.53. The number of aliphatic hydroxyl groups excluding tert-OH is 1. The molecule has 1 amide bonds. The summed E-state index contributed by atoms with van der Waals surface area (Å²) in [7, 11) is 1.83. The first-order valence-electron chi connectivity index (χ1n) is 6.33. The number of carbonyl (C=O) groups is 1. The predicted molar refractivity (Wildman–Crippen MR) is 69.8 cm³/mol. The van der Waals surface area contributed by atoms with E-state index in [0.29, 0.717) is 25.1 Å². The molecule has 6 heteroatoms. The number of fused-ring (bicyclic) bond motifs is 1. The van der Waals surface area contributed by atoms with Crippen LogP contribution in [0.1, 0.15) is 22.5 Å². The zero-order valence-corrected chi connectivity index (χ0v) is 11.0. The molecule has 1 fully saturated rings. The lowest BCUT2D eigenvalue weighted by molar-refractivity contribution is 0.0765. The van der Waals surface area contributed by atoms with E-state index in [4.69, 9.17) is 0 Å². The number of aliphatic hydroxyl groups is 1. The van der Waals surface area contributed by atoms with E-state index in [9.17, 15) is 9.90 Å². The number of rotatable bonds is 1. The molecule has 6 nitrogen and oxygen atoms in total. The van der Waals surface area contributed by atoms with Gasteiger partial charge < -0.3 is 10.0 Å². The number of hydrogen-bond donors (Lipinski definition) is 1. The number of amides is 1. The third kappa shape index (κ3) is 1.98. The summed E-state index contributed by atoms with van der Waals surface area (Å²) in [5, 5.41) is 14.7. The minimum Gasteiger partial charge on any atom is -0.391 e. The van der Waals surface area contributed by atoms with Gasteiger partial charge in [-0.1, -0.05) is 0 Å². The number of aryl methyl sites for hydroxylation is 2. The molecule has 1 atom stereocenters. The van der Waals surface area contributed by atoms with Crippen LogP contribution in [0.15, 0.2) is 12.3 Å². The number of hydrogen-bond acceptors (Lipinski definition) is 4. The molecule has 0 spiro atoms. The average molecular weight is 260 g/mol. The lowest BCUT2D eigenvalue weighted by Gasteiger charge is -2.15. The van der Waals surface area contributed by atoms with Gasteiger partial charge in [0.1, 0.15) is 0 Å². The molecule has 0 aliphatic carbocycles. The monoisotopic (exact) mass is 260 g/mol. The number of pyridine rings is 1. The van der Waals surface area contributed by atoms with Crippen molar-refractivity contribution in [2.45, 2.75) is 19.4 Å². The van der Waals surface area contributed by atoms with Gasteiger partial charge in [-0.05, 0) is 19.4 Å². The van der Waals surface area contributed by atoms with Crippen LogP contribution in [-0.2, 0) is 7.05 Å². The molecule has 1 aliphatic rings. The highest BCUT2D eigenvalue weighted by Crippen LogP contribution is 2.19. The molecule has 1 N–H and O–H groups in total. The van der Waals surface area contributed by atoms with E-state index in [0.717, 1.165) is 16.7 Å². The van der Waals surface area contributed by atoms with E-state index in [1.165, 1.54) is 0 Å². The highest BCUT2D eigenvalue weighted by molar-refractivity contribution is 5.97. The van der Waals surface area contributed by atoms with Gasteiger partial charge in [0.2, 0.25) is 0 Å². The summed E-state index contributed by atoms with van der Waals surface area (Å²) in [5.74, 6) is -0.0748. The highest BCUT2D eigenvalue weighted by atomic mass is 16.3. The molecular formula is C13H16N4O2. The first-order valence-corrected chi connectivity index (χ1v) is 6.33. The Labute approximate surface area is 110 Å². The Balaban J connectivity index is 1.97. The molecule has 0 aromatic carbocycles. The van der Waals surface area contributed by atoms with Gasteiger partial charge in [0.25, 0.3) is 5.91 Å². The molecule has 2 aromatic heterocycles. The van der Waals surface area contributed by atoms with E-state index in [2.05, 4.69) is 10.1 Å². The van der Waals surface area contributed by atoms with E-state index < -0.39 is 6.10 Å². The van der Waals surface area contributed by atoms with Crippen molar-refractivity contribution in [3.63, 3.8) is 0 Å². The maximum Gasteiger partial charge on any atom is 0.255 e. The number of nitrogens with zero attached hydrogens (tertiary/aromatic N) is 4. The number of carbonyl (C=O) groups excluding carboxylic acids is 1. The maximum absolute atomic E-state index is 12.3. The Morgan fingerprint density at radius 2 is 2.32 bits per heavy atom. The summed E-state index contributed by atoms with van der Waals surface area (Å²) >= 11 is 0. The van der Waals surface area contributed by atoms with Crippen molar-refractivity contribution in [2.24, 2.45) is 7.05 Å². The van der Waals surface area contributed by atoms with Gasteiger partial charge in [-0.2, -0.15) is 5.10 Å². The van der Waals surface area contributed by atoms with E-state index >= 15 is 0 Å². The van der Waals surface area contributed by atoms with Gasteiger partial charge in [0, 0.05) is 31.7 Å². The molecule has 0 unspecified atom stereocenters. The minimum absolute atomic E-state index is 0.0748. The second-order valence-electron chi connectivity index (χ2n) is 5.00. The van der Waals surface area contributed by atoms with E-state index in [1.54, 1.807) is 15.8 Å². The van der Waals surface area contributed by atoms with Crippen molar-refractivity contribution in [2.75, 3.05) is 13.1 Å². The molecule has 1 aliphatic heterocycles. The van der Waals surface area contributed by atoms with Crippen LogP contribution in [0.2, 0.25) is 0 Å². The van der Waals surface area contributed by atoms with Gasteiger partial charge in [-0.3, -0.25) is 9.48 Å². The normalized spacial score (nSPS) is 19.3. The Hall–Kier alpha value is -1.95. The van der Waals surface area contributed by atoms with Crippen LogP contribution in [-0.4, -0.2) is 49.9 Å². The first kappa shape index (κ1) is 12.1. The molecule has 100 valence electrons. The molecule has 3 heterocycles. The van der Waals surface area contributed by atoms with Gasteiger partial charge in [-0.15, -0.1) is 0 Å². The molecular weight excluding hydrogens is 244 g/mol. The number of likely N-dealkylation sites (tertiary alicyclic amines) is 1. The summed E-state index contributed by atoms with van der Waals surface area (Å²) in [6, 6.07) is 1.83. The van der Waals surface area contributed by atoms with E-state index in [1.807, 2.05) is 20.0 Å². The third-order valence-corrected chi connectivity index (χ3v) is 3.56. The van der Waals surface area contributed by atoms with E-state index in [-0.39, 0.29) is 5.91 Å². The van der Waals surface area contributed by atoms with Gasteiger partial charge in [0.15, 0.2) is 5.65 Å². The molecule has 0 radical (unpaired) electrons. The summed E-state index contributed by atoms with van der Waals surface area (Å²) in [6.07, 6.45) is 1.82. The lowest BCUT2D eigenvalue weighted by Crippen LogP contribution is -2.29. The van der Waals surface area contributed by atoms with Crippen molar-refractivity contribution in [1.82, 2.24) is 19.7 Å². The Bertz CT molecular complexity index is 649. The van der Waals surface area contributed by atoms with Crippen LogP contribution in [0.3, 0.4) is 0 Å². The average Bonchev–Trinajstić information content (AvgIpc) is 2.94. The zero-order chi connectivity index (χ0) is 13.6. The standard InChI is InChI=1S/C13H16N4O2/c1-8-11-5-9(6-14-12(11)16(2)15-8)13(19)17-4-3-10(18)7-17/h5-6,10,18H,3-4,7H2,1-2H3/t10-/m0/s1. The summed E-state index contributed by atoms with van der Waals surface area (Å²) in [5.41, 5.74) is 2.19. The second kappa shape index (κ2) is 4.31. The summed E-state index contributed by atoms with van der Waals surface area (Å²) in [4.78, 5) is 18.3. The zero-order valence-electron chi connectivity index (χ0n) is 11.0. The Morgan fingerprint density at radius 3 is 3.00 bits per heavy atom. The number of β-amino-alcohol motifs (C(OH)–C–C–N with tert-alkyl or cyclic N) is 1. The topological polar surface area (TPSA) is 71.2 Å². The summed E-state index contributed by atoms with van der Waals surface area (Å²) < 4.78 is 1.71. The molecule has 0 bridgehead atoms. The molecule has 2 aromatic rings. The smallest absolute Gasteiger partial charge is 0.255 e. The maximum atomic E-state index is 12.3. The van der Waals surface area contributed by atoms with Crippen molar-refractivity contribution in [3.8, 4) is 0 Å². The molecule has 19 heavy (non-hydrogen) atoms. The fraction of sp³-hybridized carbons (Fsp3) is 0.462. The van der Waals surface area contributed by atoms with Gasteiger partial charge >= 0.3 is 0 Å². The van der Waals surface area contributed by atoms with Crippen LogP contribution in [0, 0.1) is 6.92 Å². The number of aromatic nitrogens is 3. The largest absolute Gasteiger partial charge is 0.391 e. The summed E-state index contributed by atoms with van der Waals surface area (Å²) in [6.45, 7) is 2.91. The SMILES string of the molecule is Cc1nn(C)c2ncc(C(=O)N3CC[C@H](O)C3)cc12. The van der Waals surface area contributed by atoms with Crippen LogP contribution >= 0.6 is 0 Å². The molecule has 3 rings (SSSR count). The van der Waals surface area contributed by atoms with Gasteiger partial charge in [0.05, 0.1) is 17.4 Å². The van der Waals surface area contributed by atoms with Crippen molar-refractivity contribution in [1.29, 1.82) is 0 Å². The van der Waals surface area contributed by atoms with Crippen molar-refractivity contribution >= 4 is 16.9 Å². The Morgan fingerprint density at radius 1 is 1.53 bits per heavy atom. The van der Waals surface area contributed by atoms with Crippen LogP contribution in [0.4, 0.5) is 0 Å². The third-order valence-electron chi connectivity index (χ3n) is 3.56. The Kier molecular flexibility index (Phi) is 2.74. The molecule has 1 saturated heterocycles. The second-order valence-corrected chi connectivity index (χ2v) is 5.00. The first-order chi connectivity index (χ1) is 9.06. The van der Waals surface area contributed by atoms with Crippen molar-refractivity contribution < 1.29 is 9.90 Å². The quantitative estimate of drug-likeness (QED) is 0.809. The highest BCUT2D eigenvalue weighted by Gasteiger charge is 2.26. The fourth-order valence-corrected chi connectivity index (χ4v) is 2.53. The van der Waals surface area contributed by atoms with Crippen LogP contribution < -0.4 is 0 Å². The van der Waals surface area contributed by atoms with Crippen LogP contribution in [0.5, 0.6) is 0 Å². The lowest BCUT2D eigenvalue weighted by atomic mass is 10.2.